The standard InChI is InChI=1S/C17H24N2O4S/c1-22-16-4-6-17(7-5-16)24(20,21)19-10-8-18(9-11-19)13-15-3-2-12-23-14-15/h3-7H,2,8-14H2,1H3. The summed E-state index contributed by atoms with van der Waals surface area (Å²) < 4.78 is 37.6. The molecule has 2 aliphatic rings. The average Bonchev–Trinajstić information content (AvgIpc) is 2.63. The molecule has 1 fully saturated rings. The third-order valence-electron chi connectivity index (χ3n) is 4.44. The maximum absolute atomic E-state index is 12.7. The molecule has 0 spiro atoms. The molecule has 0 radical (unpaired) electrons. The van der Waals surface area contributed by atoms with Crippen LogP contribution in [0.15, 0.2) is 40.8 Å². The van der Waals surface area contributed by atoms with Gasteiger partial charge in [-0.2, -0.15) is 4.31 Å². The number of nitrogens with zero attached hydrogens (tertiary/aromatic N) is 2. The Balaban J connectivity index is 1.59. The van der Waals surface area contributed by atoms with Gasteiger partial charge in [0.1, 0.15) is 5.75 Å². The van der Waals surface area contributed by atoms with Gasteiger partial charge in [-0.1, -0.05) is 6.08 Å². The molecule has 1 saturated heterocycles. The van der Waals surface area contributed by atoms with E-state index < -0.39 is 10.0 Å². The molecule has 0 unspecified atom stereocenters. The molecule has 6 nitrogen and oxygen atoms in total. The Labute approximate surface area is 143 Å². The molecule has 2 heterocycles. The average molecular weight is 352 g/mol. The van der Waals surface area contributed by atoms with Gasteiger partial charge in [-0.3, -0.25) is 4.90 Å². The highest BCUT2D eigenvalue weighted by Crippen LogP contribution is 2.21. The highest BCUT2D eigenvalue weighted by atomic mass is 32.2. The first-order valence-corrected chi connectivity index (χ1v) is 9.66. The Morgan fingerprint density at radius 3 is 2.42 bits per heavy atom. The summed E-state index contributed by atoms with van der Waals surface area (Å²) in [4.78, 5) is 2.61. The second-order valence-corrected chi connectivity index (χ2v) is 8.00. The van der Waals surface area contributed by atoms with E-state index in [1.807, 2.05) is 0 Å². The van der Waals surface area contributed by atoms with Crippen molar-refractivity contribution in [2.75, 3.05) is 53.0 Å². The van der Waals surface area contributed by atoms with E-state index in [2.05, 4.69) is 11.0 Å². The quantitative estimate of drug-likeness (QED) is 0.749. The lowest BCUT2D eigenvalue weighted by Crippen LogP contribution is -2.49. The maximum Gasteiger partial charge on any atom is 0.243 e. The molecule has 2 aliphatic heterocycles. The van der Waals surface area contributed by atoms with Gasteiger partial charge in [0.05, 0.1) is 25.2 Å². The number of sulfonamides is 1. The zero-order valence-electron chi connectivity index (χ0n) is 14.0. The second kappa shape index (κ2) is 7.65. The van der Waals surface area contributed by atoms with Crippen molar-refractivity contribution in [2.45, 2.75) is 11.3 Å². The summed E-state index contributed by atoms with van der Waals surface area (Å²) in [6.45, 7) is 4.89. The number of hydrogen-bond acceptors (Lipinski definition) is 5. The number of hydrogen-bond donors (Lipinski definition) is 0. The van der Waals surface area contributed by atoms with Gasteiger partial charge in [-0.05, 0) is 36.3 Å². The van der Waals surface area contributed by atoms with Crippen molar-refractivity contribution < 1.29 is 17.9 Å². The molecule has 7 heteroatoms. The lowest BCUT2D eigenvalue weighted by molar-refractivity contribution is 0.135. The third kappa shape index (κ3) is 3.97. The van der Waals surface area contributed by atoms with E-state index in [0.717, 1.165) is 32.7 Å². The summed E-state index contributed by atoms with van der Waals surface area (Å²) in [5.74, 6) is 0.654. The van der Waals surface area contributed by atoms with Crippen molar-refractivity contribution in [1.29, 1.82) is 0 Å². The van der Waals surface area contributed by atoms with Crippen molar-refractivity contribution in [2.24, 2.45) is 0 Å². The minimum Gasteiger partial charge on any atom is -0.497 e. The molecule has 24 heavy (non-hydrogen) atoms. The van der Waals surface area contributed by atoms with Crippen LogP contribution in [0.4, 0.5) is 0 Å². The number of piperazine rings is 1. The fraction of sp³-hybridized carbons (Fsp3) is 0.529. The summed E-state index contributed by atoms with van der Waals surface area (Å²) >= 11 is 0. The minimum absolute atomic E-state index is 0.320. The zero-order chi connectivity index (χ0) is 17.0. The first-order valence-electron chi connectivity index (χ1n) is 8.22. The van der Waals surface area contributed by atoms with Crippen LogP contribution in [0.1, 0.15) is 6.42 Å². The van der Waals surface area contributed by atoms with Gasteiger partial charge >= 0.3 is 0 Å². The Hall–Kier alpha value is -1.41. The van der Waals surface area contributed by atoms with E-state index in [1.165, 1.54) is 5.57 Å². The van der Waals surface area contributed by atoms with Crippen LogP contribution in [-0.4, -0.2) is 70.7 Å². The van der Waals surface area contributed by atoms with Crippen LogP contribution in [0.3, 0.4) is 0 Å². The van der Waals surface area contributed by atoms with Gasteiger partial charge in [0, 0.05) is 32.7 Å². The van der Waals surface area contributed by atoms with Crippen LogP contribution in [-0.2, 0) is 14.8 Å². The topological polar surface area (TPSA) is 59.1 Å². The maximum atomic E-state index is 12.7. The molecule has 1 aromatic carbocycles. The largest absolute Gasteiger partial charge is 0.497 e. The smallest absolute Gasteiger partial charge is 0.243 e. The van der Waals surface area contributed by atoms with Crippen molar-refractivity contribution >= 4 is 10.0 Å². The third-order valence-corrected chi connectivity index (χ3v) is 6.35. The highest BCUT2D eigenvalue weighted by Gasteiger charge is 2.28. The first-order chi connectivity index (χ1) is 11.6. The molecule has 0 aromatic heterocycles. The Bertz CT molecular complexity index is 677. The van der Waals surface area contributed by atoms with Crippen LogP contribution in [0, 0.1) is 0 Å². The fourth-order valence-electron chi connectivity index (χ4n) is 3.03. The SMILES string of the molecule is COc1ccc(S(=O)(=O)N2CCN(CC3=CCCOC3)CC2)cc1. The number of rotatable bonds is 5. The summed E-state index contributed by atoms with van der Waals surface area (Å²) in [5, 5.41) is 0. The summed E-state index contributed by atoms with van der Waals surface area (Å²) in [7, 11) is -1.87. The van der Waals surface area contributed by atoms with Crippen LogP contribution in [0.2, 0.25) is 0 Å². The van der Waals surface area contributed by atoms with Crippen molar-refractivity contribution in [3.8, 4) is 5.75 Å². The summed E-state index contributed by atoms with van der Waals surface area (Å²) in [6.07, 6.45) is 3.21. The Morgan fingerprint density at radius 2 is 1.83 bits per heavy atom. The summed E-state index contributed by atoms with van der Waals surface area (Å²) in [6, 6.07) is 6.56. The van der Waals surface area contributed by atoms with Crippen LogP contribution >= 0.6 is 0 Å². The second-order valence-electron chi connectivity index (χ2n) is 6.06. The number of methoxy groups -OCH3 is 1. The number of benzene rings is 1. The van der Waals surface area contributed by atoms with Crippen molar-refractivity contribution in [3.63, 3.8) is 0 Å². The van der Waals surface area contributed by atoms with E-state index in [9.17, 15) is 8.42 Å². The molecule has 0 N–H and O–H groups in total. The van der Waals surface area contributed by atoms with Gasteiger partial charge in [-0.25, -0.2) is 8.42 Å². The molecule has 0 bridgehead atoms. The molecule has 0 aliphatic carbocycles. The van der Waals surface area contributed by atoms with Gasteiger partial charge in [0.2, 0.25) is 10.0 Å². The molecule has 0 atom stereocenters. The molecular weight excluding hydrogens is 328 g/mol. The first kappa shape index (κ1) is 17.4. The van der Waals surface area contributed by atoms with Gasteiger partial charge in [-0.15, -0.1) is 0 Å². The van der Waals surface area contributed by atoms with Crippen LogP contribution in [0.5, 0.6) is 5.75 Å². The predicted molar refractivity (Wildman–Crippen MR) is 91.7 cm³/mol. The van der Waals surface area contributed by atoms with E-state index in [0.29, 0.717) is 30.3 Å². The monoisotopic (exact) mass is 352 g/mol. The van der Waals surface area contributed by atoms with Crippen molar-refractivity contribution in [3.05, 3.63) is 35.9 Å². The van der Waals surface area contributed by atoms with Gasteiger partial charge in [0.15, 0.2) is 0 Å². The number of ether oxygens (including phenoxy) is 2. The minimum atomic E-state index is -3.43. The van der Waals surface area contributed by atoms with Crippen molar-refractivity contribution in [1.82, 2.24) is 9.21 Å². The normalized spacial score (nSPS) is 20.6. The molecule has 132 valence electrons. The Kier molecular flexibility index (Phi) is 5.55. The molecular formula is C17H24N2O4S. The van der Waals surface area contributed by atoms with E-state index >= 15 is 0 Å². The van der Waals surface area contributed by atoms with Gasteiger partial charge < -0.3 is 9.47 Å². The van der Waals surface area contributed by atoms with E-state index in [1.54, 1.807) is 35.7 Å². The van der Waals surface area contributed by atoms with Crippen LogP contribution < -0.4 is 4.74 Å². The molecule has 0 amide bonds. The highest BCUT2D eigenvalue weighted by molar-refractivity contribution is 7.89. The summed E-state index contributed by atoms with van der Waals surface area (Å²) in [5.41, 5.74) is 1.30. The van der Waals surface area contributed by atoms with E-state index in [-0.39, 0.29) is 0 Å². The fourth-order valence-corrected chi connectivity index (χ4v) is 4.45. The van der Waals surface area contributed by atoms with Gasteiger partial charge in [0.25, 0.3) is 0 Å². The molecule has 1 aromatic rings. The van der Waals surface area contributed by atoms with Crippen LogP contribution in [0.25, 0.3) is 0 Å². The zero-order valence-corrected chi connectivity index (χ0v) is 14.8. The lowest BCUT2D eigenvalue weighted by Gasteiger charge is -2.34. The predicted octanol–water partition coefficient (Wildman–Crippen LogP) is 1.35. The van der Waals surface area contributed by atoms with E-state index in [4.69, 9.17) is 9.47 Å². The Morgan fingerprint density at radius 1 is 1.12 bits per heavy atom. The molecule has 0 saturated carbocycles. The lowest BCUT2D eigenvalue weighted by atomic mass is 10.2. The molecule has 3 rings (SSSR count).